The smallest absolute Gasteiger partial charge is 0.302 e. The standard InChI is InChI=1S/C35H54O5/c1-22(19-36)26-12-16-35(21-40-25(4)38)18-17-33(7)27(30(26)35)9-10-29-31(5)14-11-23(2)32(6,20-39-24(3)37)28(31)13-15-34(29,33)8/h26-30,36H,1-2,9-21H2,3-8H3. The molecule has 5 heteroatoms. The molecule has 0 aliphatic heterocycles. The van der Waals surface area contributed by atoms with Crippen molar-refractivity contribution in [2.75, 3.05) is 19.8 Å². The summed E-state index contributed by atoms with van der Waals surface area (Å²) in [7, 11) is 0. The third-order valence-electron chi connectivity index (χ3n) is 14.3. The lowest BCUT2D eigenvalue weighted by atomic mass is 9.32. The molecule has 5 fully saturated rings. The number of ether oxygens (including phenoxy) is 2. The second-order valence-corrected chi connectivity index (χ2v) is 15.6. The molecule has 1 N–H and O–H groups in total. The number of aliphatic hydroxyl groups is 1. The van der Waals surface area contributed by atoms with Crippen LogP contribution >= 0.6 is 0 Å². The first-order valence-electron chi connectivity index (χ1n) is 15.9. The van der Waals surface area contributed by atoms with Gasteiger partial charge >= 0.3 is 11.9 Å². The molecule has 0 aromatic carbocycles. The largest absolute Gasteiger partial charge is 0.465 e. The second kappa shape index (κ2) is 9.99. The molecule has 5 nitrogen and oxygen atoms in total. The fourth-order valence-electron chi connectivity index (χ4n) is 12.0. The average molecular weight is 555 g/mol. The summed E-state index contributed by atoms with van der Waals surface area (Å²) in [6.07, 6.45) is 11.2. The summed E-state index contributed by atoms with van der Waals surface area (Å²) < 4.78 is 11.5. The van der Waals surface area contributed by atoms with E-state index in [2.05, 4.69) is 40.9 Å². The number of esters is 2. The lowest BCUT2D eigenvalue weighted by Crippen LogP contribution is -2.66. The van der Waals surface area contributed by atoms with Crippen LogP contribution in [0.25, 0.3) is 0 Å². The molecular weight excluding hydrogens is 500 g/mol. The molecule has 0 saturated heterocycles. The highest BCUT2D eigenvalue weighted by atomic mass is 16.5. The van der Waals surface area contributed by atoms with Crippen molar-refractivity contribution in [3.05, 3.63) is 24.3 Å². The highest BCUT2D eigenvalue weighted by Gasteiger charge is 2.71. The van der Waals surface area contributed by atoms with Crippen molar-refractivity contribution in [2.24, 2.45) is 56.7 Å². The molecule has 40 heavy (non-hydrogen) atoms. The summed E-state index contributed by atoms with van der Waals surface area (Å²) >= 11 is 0. The van der Waals surface area contributed by atoms with Gasteiger partial charge in [0.15, 0.2) is 0 Å². The van der Waals surface area contributed by atoms with Crippen LogP contribution in [0.15, 0.2) is 24.3 Å². The number of carbonyl (C=O) groups is 2. The Morgan fingerprint density at radius 2 is 1.52 bits per heavy atom. The first-order chi connectivity index (χ1) is 18.7. The number of carbonyl (C=O) groups excluding carboxylic acids is 2. The van der Waals surface area contributed by atoms with E-state index in [0.717, 1.165) is 44.1 Å². The van der Waals surface area contributed by atoms with Gasteiger partial charge in [0.05, 0.1) is 13.2 Å². The Kier molecular flexibility index (Phi) is 7.46. The average Bonchev–Trinajstić information content (AvgIpc) is 3.29. The van der Waals surface area contributed by atoms with E-state index in [-0.39, 0.29) is 45.6 Å². The van der Waals surface area contributed by atoms with Gasteiger partial charge in [-0.15, -0.1) is 0 Å². The first kappa shape index (κ1) is 29.9. The van der Waals surface area contributed by atoms with E-state index in [9.17, 15) is 14.7 Å². The van der Waals surface area contributed by atoms with Crippen molar-refractivity contribution in [3.8, 4) is 0 Å². The zero-order valence-electron chi connectivity index (χ0n) is 26.1. The normalized spacial score (nSPS) is 47.8. The highest BCUT2D eigenvalue weighted by molar-refractivity contribution is 5.66. The predicted molar refractivity (Wildman–Crippen MR) is 157 cm³/mol. The van der Waals surface area contributed by atoms with Crippen molar-refractivity contribution in [1.82, 2.24) is 0 Å². The first-order valence-corrected chi connectivity index (χ1v) is 15.9. The van der Waals surface area contributed by atoms with Gasteiger partial charge < -0.3 is 14.6 Å². The van der Waals surface area contributed by atoms with Gasteiger partial charge in [-0.05, 0) is 116 Å². The van der Waals surface area contributed by atoms with Gasteiger partial charge in [-0.2, -0.15) is 0 Å². The topological polar surface area (TPSA) is 72.8 Å². The quantitative estimate of drug-likeness (QED) is 0.276. The Balaban J connectivity index is 1.51. The highest BCUT2D eigenvalue weighted by Crippen LogP contribution is 2.77. The van der Waals surface area contributed by atoms with Gasteiger partial charge in [-0.1, -0.05) is 46.4 Å². The summed E-state index contributed by atoms with van der Waals surface area (Å²) in [5.41, 5.74) is 2.58. The van der Waals surface area contributed by atoms with Gasteiger partial charge in [-0.25, -0.2) is 0 Å². The van der Waals surface area contributed by atoms with Crippen molar-refractivity contribution >= 4 is 11.9 Å². The molecule has 0 bridgehead atoms. The SMILES string of the molecule is C=C(CO)C1CCC2(COC(C)=O)CCC3(C)C(CCC4C5(C)CCC(=C)C(C)(COC(C)=O)C5CCC43C)C12. The van der Waals surface area contributed by atoms with Crippen molar-refractivity contribution in [2.45, 2.75) is 106 Å². The summed E-state index contributed by atoms with van der Waals surface area (Å²) in [5, 5.41) is 10.2. The molecule has 0 aromatic rings. The zero-order valence-corrected chi connectivity index (χ0v) is 26.1. The van der Waals surface area contributed by atoms with Gasteiger partial charge in [-0.3, -0.25) is 9.59 Å². The minimum absolute atomic E-state index is 0.00585. The molecule has 0 radical (unpaired) electrons. The Bertz CT molecular complexity index is 1080. The molecule has 0 heterocycles. The Labute approximate surface area is 242 Å². The van der Waals surface area contributed by atoms with E-state index in [4.69, 9.17) is 9.47 Å². The van der Waals surface area contributed by atoms with Crippen molar-refractivity contribution in [1.29, 1.82) is 0 Å². The van der Waals surface area contributed by atoms with Gasteiger partial charge in [0.25, 0.3) is 0 Å². The van der Waals surface area contributed by atoms with E-state index in [1.807, 2.05) is 0 Å². The Hall–Kier alpha value is -1.62. The molecule has 5 saturated carbocycles. The summed E-state index contributed by atoms with van der Waals surface area (Å²) in [5.74, 6) is 1.88. The van der Waals surface area contributed by atoms with Gasteiger partial charge in [0.1, 0.15) is 6.61 Å². The number of aliphatic hydroxyl groups excluding tert-OH is 1. The maximum Gasteiger partial charge on any atom is 0.302 e. The van der Waals surface area contributed by atoms with Crippen LogP contribution in [-0.4, -0.2) is 36.9 Å². The second-order valence-electron chi connectivity index (χ2n) is 15.6. The minimum atomic E-state index is -0.204. The van der Waals surface area contributed by atoms with E-state index in [0.29, 0.717) is 42.8 Å². The Morgan fingerprint density at radius 1 is 0.850 bits per heavy atom. The lowest BCUT2D eigenvalue weighted by Gasteiger charge is -2.72. The third kappa shape index (κ3) is 4.10. The van der Waals surface area contributed by atoms with Gasteiger partial charge in [0.2, 0.25) is 0 Å². The fraction of sp³-hybridized carbons (Fsp3) is 0.829. The molecule has 0 spiro atoms. The summed E-state index contributed by atoms with van der Waals surface area (Å²) in [6, 6.07) is 0. The summed E-state index contributed by atoms with van der Waals surface area (Å²) in [4.78, 5) is 23.8. The number of hydrogen-bond acceptors (Lipinski definition) is 5. The predicted octanol–water partition coefficient (Wildman–Crippen LogP) is 7.28. The van der Waals surface area contributed by atoms with Crippen LogP contribution in [0.2, 0.25) is 0 Å². The van der Waals surface area contributed by atoms with Crippen LogP contribution in [0.1, 0.15) is 106 Å². The maximum absolute atomic E-state index is 11.9. The number of fused-ring (bicyclic) bond motifs is 7. The maximum atomic E-state index is 11.9. The van der Waals surface area contributed by atoms with E-state index in [1.54, 1.807) is 0 Å². The van der Waals surface area contributed by atoms with Crippen LogP contribution in [0, 0.1) is 56.7 Å². The van der Waals surface area contributed by atoms with Crippen molar-refractivity contribution in [3.63, 3.8) is 0 Å². The van der Waals surface area contributed by atoms with Crippen LogP contribution in [-0.2, 0) is 19.1 Å². The van der Waals surface area contributed by atoms with E-state index >= 15 is 0 Å². The van der Waals surface area contributed by atoms with Crippen LogP contribution in [0.3, 0.4) is 0 Å². The zero-order chi connectivity index (χ0) is 29.3. The van der Waals surface area contributed by atoms with Gasteiger partial charge in [0, 0.05) is 24.7 Å². The molecule has 0 amide bonds. The third-order valence-corrected chi connectivity index (χ3v) is 14.3. The molecule has 5 aliphatic rings. The molecule has 10 unspecified atom stereocenters. The lowest BCUT2D eigenvalue weighted by molar-refractivity contribution is -0.238. The molecule has 5 rings (SSSR count). The molecule has 5 aliphatic carbocycles. The molecule has 224 valence electrons. The van der Waals surface area contributed by atoms with Crippen LogP contribution in [0.5, 0.6) is 0 Å². The monoisotopic (exact) mass is 554 g/mol. The molecule has 10 atom stereocenters. The number of hydrogen-bond donors (Lipinski definition) is 1. The fourth-order valence-corrected chi connectivity index (χ4v) is 12.0. The molecular formula is C35H54O5. The minimum Gasteiger partial charge on any atom is -0.465 e. The van der Waals surface area contributed by atoms with Crippen LogP contribution < -0.4 is 0 Å². The Morgan fingerprint density at radius 3 is 2.17 bits per heavy atom. The molecule has 0 aromatic heterocycles. The van der Waals surface area contributed by atoms with Crippen LogP contribution in [0.4, 0.5) is 0 Å². The van der Waals surface area contributed by atoms with E-state index in [1.165, 1.54) is 45.1 Å². The van der Waals surface area contributed by atoms with Crippen molar-refractivity contribution < 1.29 is 24.2 Å². The summed E-state index contributed by atoms with van der Waals surface area (Å²) in [6.45, 7) is 23.0. The van der Waals surface area contributed by atoms with E-state index < -0.39 is 0 Å². The number of rotatable bonds is 6.